The van der Waals surface area contributed by atoms with Crippen molar-refractivity contribution < 1.29 is 37.1 Å². The Kier molecular flexibility index (Phi) is 12.1. The van der Waals surface area contributed by atoms with Crippen LogP contribution < -0.4 is 19.5 Å². The lowest BCUT2D eigenvalue weighted by atomic mass is 9.77. The molecule has 2 saturated carbocycles. The number of carbonyl (C=O) groups excluding carboxylic acids is 4. The number of piperidine rings is 1. The van der Waals surface area contributed by atoms with Crippen LogP contribution in [-0.4, -0.2) is 96.5 Å². The molecule has 2 saturated heterocycles. The SMILES string of the molecule is C=C[C@@H]1C[C@]1(NC(=O)[C@@H]1C[C@@H](Oc2cc(-c3ccccc3)nc3cc(OC)ccc23)CN1C(=O)C(CC(=O)N1CCCCC1)C(C)(C)C)C(=O)NS(=O)(=O)C1CCCC1. The molecule has 316 valence electrons. The van der Waals surface area contributed by atoms with Crippen LogP contribution in [0.1, 0.15) is 85.0 Å². The van der Waals surface area contributed by atoms with Crippen molar-refractivity contribution >= 4 is 44.6 Å². The second-order valence-corrected chi connectivity index (χ2v) is 19.7. The second-order valence-electron chi connectivity index (χ2n) is 17.7. The van der Waals surface area contributed by atoms with Crippen molar-refractivity contribution in [3.05, 3.63) is 67.3 Å². The van der Waals surface area contributed by atoms with Crippen LogP contribution >= 0.6 is 0 Å². The quantitative estimate of drug-likeness (QED) is 0.204. The van der Waals surface area contributed by atoms with E-state index in [0.29, 0.717) is 54.0 Å². The van der Waals surface area contributed by atoms with Crippen LogP contribution in [0.5, 0.6) is 11.5 Å². The van der Waals surface area contributed by atoms with Gasteiger partial charge in [0.25, 0.3) is 5.91 Å². The Hall–Kier alpha value is -4.98. The zero-order chi connectivity index (χ0) is 42.1. The molecule has 13 nitrogen and oxygen atoms in total. The number of amides is 4. The first kappa shape index (κ1) is 42.2. The molecule has 0 spiro atoms. The minimum atomic E-state index is -3.97. The molecular weight excluding hydrogens is 771 g/mol. The highest BCUT2D eigenvalue weighted by Gasteiger charge is 2.62. The van der Waals surface area contributed by atoms with Crippen molar-refractivity contribution in [2.24, 2.45) is 17.3 Å². The Morgan fingerprint density at radius 1 is 1.00 bits per heavy atom. The third-order valence-corrected chi connectivity index (χ3v) is 14.5. The van der Waals surface area contributed by atoms with Crippen molar-refractivity contribution in [1.29, 1.82) is 0 Å². The van der Waals surface area contributed by atoms with Crippen molar-refractivity contribution in [1.82, 2.24) is 24.8 Å². The van der Waals surface area contributed by atoms with Gasteiger partial charge >= 0.3 is 0 Å². The summed E-state index contributed by atoms with van der Waals surface area (Å²) in [6.07, 6.45) is 6.45. The number of hydrogen-bond donors (Lipinski definition) is 2. The Morgan fingerprint density at radius 3 is 2.36 bits per heavy atom. The summed E-state index contributed by atoms with van der Waals surface area (Å²) in [4.78, 5) is 65.4. The number of aromatic nitrogens is 1. The minimum absolute atomic E-state index is 0.0140. The van der Waals surface area contributed by atoms with E-state index in [2.05, 4.69) is 16.6 Å². The van der Waals surface area contributed by atoms with E-state index in [0.717, 1.165) is 37.7 Å². The molecule has 7 rings (SSSR count). The first-order valence-corrected chi connectivity index (χ1v) is 22.5. The fourth-order valence-corrected chi connectivity index (χ4v) is 10.5. The van der Waals surface area contributed by atoms with Gasteiger partial charge in [-0.1, -0.05) is 70.0 Å². The molecule has 3 heterocycles. The van der Waals surface area contributed by atoms with Crippen LogP contribution in [-0.2, 0) is 29.2 Å². The lowest BCUT2D eigenvalue weighted by Gasteiger charge is -2.36. The molecule has 0 radical (unpaired) electrons. The van der Waals surface area contributed by atoms with Crippen molar-refractivity contribution in [3.8, 4) is 22.8 Å². The second kappa shape index (κ2) is 16.9. The van der Waals surface area contributed by atoms with Crippen LogP contribution in [0.3, 0.4) is 0 Å². The van der Waals surface area contributed by atoms with Gasteiger partial charge in [-0.05, 0) is 56.1 Å². The Morgan fingerprint density at radius 2 is 1.71 bits per heavy atom. The van der Waals surface area contributed by atoms with Gasteiger partial charge in [-0.3, -0.25) is 23.9 Å². The average molecular weight is 828 g/mol. The lowest BCUT2D eigenvalue weighted by Crippen LogP contribution is -2.57. The van der Waals surface area contributed by atoms with Crippen molar-refractivity contribution in [3.63, 3.8) is 0 Å². The molecule has 14 heteroatoms. The summed E-state index contributed by atoms with van der Waals surface area (Å²) in [5.74, 6) is -2.01. The number of likely N-dealkylation sites (tertiary alicyclic amines) is 2. The number of fused-ring (bicyclic) bond motifs is 1. The zero-order valence-electron chi connectivity index (χ0n) is 34.6. The van der Waals surface area contributed by atoms with Gasteiger partial charge in [0.2, 0.25) is 27.7 Å². The van der Waals surface area contributed by atoms with Gasteiger partial charge in [0.1, 0.15) is 29.2 Å². The highest BCUT2D eigenvalue weighted by atomic mass is 32.2. The van der Waals surface area contributed by atoms with Crippen molar-refractivity contribution in [2.75, 3.05) is 26.7 Å². The van der Waals surface area contributed by atoms with E-state index >= 15 is 0 Å². The van der Waals surface area contributed by atoms with Gasteiger partial charge in [-0.25, -0.2) is 13.4 Å². The van der Waals surface area contributed by atoms with E-state index < -0.39 is 62.0 Å². The van der Waals surface area contributed by atoms with Crippen LogP contribution in [0, 0.1) is 17.3 Å². The number of nitrogens with zero attached hydrogens (tertiary/aromatic N) is 3. The first-order chi connectivity index (χ1) is 28.1. The van der Waals surface area contributed by atoms with Crippen LogP contribution in [0.25, 0.3) is 22.2 Å². The monoisotopic (exact) mass is 827 g/mol. The van der Waals surface area contributed by atoms with Gasteiger partial charge in [0.05, 0.1) is 36.0 Å². The van der Waals surface area contributed by atoms with Gasteiger partial charge in [-0.15, -0.1) is 6.58 Å². The Bertz CT molecular complexity index is 2200. The topological polar surface area (TPSA) is 164 Å². The number of hydrogen-bond acceptors (Lipinski definition) is 9. The smallest absolute Gasteiger partial charge is 0.259 e. The van der Waals surface area contributed by atoms with Gasteiger partial charge in [-0.2, -0.15) is 0 Å². The molecular formula is C45H57N5O8S. The third kappa shape index (κ3) is 8.97. The van der Waals surface area contributed by atoms with E-state index in [1.54, 1.807) is 13.2 Å². The van der Waals surface area contributed by atoms with E-state index in [9.17, 15) is 27.6 Å². The summed E-state index contributed by atoms with van der Waals surface area (Å²) in [6.45, 7) is 10.9. The Balaban J connectivity index is 1.21. The summed E-state index contributed by atoms with van der Waals surface area (Å²) in [6, 6.07) is 15.9. The van der Waals surface area contributed by atoms with E-state index in [4.69, 9.17) is 14.5 Å². The molecule has 2 N–H and O–H groups in total. The predicted molar refractivity (Wildman–Crippen MR) is 225 cm³/mol. The highest BCUT2D eigenvalue weighted by molar-refractivity contribution is 7.90. The number of rotatable bonds is 13. The Labute approximate surface area is 347 Å². The summed E-state index contributed by atoms with van der Waals surface area (Å²) < 4.78 is 41.1. The van der Waals surface area contributed by atoms with Gasteiger partial charge < -0.3 is 24.6 Å². The molecule has 1 unspecified atom stereocenters. The summed E-state index contributed by atoms with van der Waals surface area (Å²) in [7, 11) is -2.39. The fourth-order valence-electron chi connectivity index (χ4n) is 8.96. The average Bonchev–Trinajstić information content (AvgIpc) is 3.51. The summed E-state index contributed by atoms with van der Waals surface area (Å²) >= 11 is 0. The maximum Gasteiger partial charge on any atom is 0.259 e. The molecule has 1 aromatic heterocycles. The number of sulfonamides is 1. The number of nitrogens with one attached hydrogen (secondary N) is 2. The normalized spacial score (nSPS) is 24.0. The van der Waals surface area contributed by atoms with E-state index in [1.807, 2.05) is 80.3 Å². The molecule has 2 aliphatic carbocycles. The molecule has 5 atom stereocenters. The van der Waals surface area contributed by atoms with Gasteiger partial charge in [0, 0.05) is 54.9 Å². The van der Waals surface area contributed by atoms with Gasteiger partial charge in [0.15, 0.2) is 0 Å². The summed E-state index contributed by atoms with van der Waals surface area (Å²) in [5, 5.41) is 2.94. The molecule has 3 aromatic rings. The zero-order valence-corrected chi connectivity index (χ0v) is 35.4. The van der Waals surface area contributed by atoms with E-state index in [-0.39, 0.29) is 37.6 Å². The first-order valence-electron chi connectivity index (χ1n) is 20.9. The maximum atomic E-state index is 14.9. The minimum Gasteiger partial charge on any atom is -0.497 e. The summed E-state index contributed by atoms with van der Waals surface area (Å²) in [5.41, 5.74) is -0.0247. The molecule has 59 heavy (non-hydrogen) atoms. The predicted octanol–water partition coefficient (Wildman–Crippen LogP) is 5.77. The molecule has 2 aliphatic heterocycles. The lowest BCUT2D eigenvalue weighted by molar-refractivity contribution is -0.148. The largest absolute Gasteiger partial charge is 0.497 e. The number of ether oxygens (including phenoxy) is 2. The molecule has 4 amide bonds. The van der Waals surface area contributed by atoms with Crippen LogP contribution in [0.4, 0.5) is 0 Å². The van der Waals surface area contributed by atoms with E-state index in [1.165, 1.54) is 4.90 Å². The number of benzene rings is 2. The number of carbonyl (C=O) groups is 4. The maximum absolute atomic E-state index is 14.9. The van der Waals surface area contributed by atoms with Crippen molar-refractivity contribution in [2.45, 2.75) is 108 Å². The molecule has 2 aromatic carbocycles. The standard InChI is InChI=1S/C45H57N5O8S/c1-6-30-27-45(30,43(54)48-59(55,56)33-17-11-12-18-33)47-41(52)38-24-32(28-50(38)42(53)35(44(2,3)4)25-40(51)49-21-13-8-14-22-49)58-39-26-36(29-15-9-7-10-16-29)46-37-23-31(57-5)19-20-34(37)39/h6-7,9-10,15-16,19-20,23,26,30,32-33,35,38H,1,8,11-14,17-18,21-22,24-25,27-28H2,2-5H3,(H,47,52)(H,48,54)/t30-,32-,35?,38+,45-/m1/s1. The van der Waals surface area contributed by atoms with Crippen LogP contribution in [0.2, 0.25) is 0 Å². The van der Waals surface area contributed by atoms with Crippen LogP contribution in [0.15, 0.2) is 67.3 Å². The molecule has 0 bridgehead atoms. The number of methoxy groups -OCH3 is 1. The third-order valence-electron chi connectivity index (χ3n) is 12.6. The number of pyridine rings is 1. The highest BCUT2D eigenvalue weighted by Crippen LogP contribution is 2.46. The fraction of sp³-hybridized carbons (Fsp3) is 0.533. The molecule has 4 fully saturated rings. The molecule has 4 aliphatic rings.